The topological polar surface area (TPSA) is 44.4 Å². The van der Waals surface area contributed by atoms with Gasteiger partial charge < -0.3 is 15.5 Å². The van der Waals surface area contributed by atoms with Crippen LogP contribution in [-0.2, 0) is 4.79 Å². The third kappa shape index (κ3) is 5.19. The third-order valence-corrected chi connectivity index (χ3v) is 2.53. The Morgan fingerprint density at radius 1 is 1.36 bits per heavy atom. The molecular weight excluding hydrogens is 178 g/mol. The maximum Gasteiger partial charge on any atom is 0.221 e. The molecule has 0 saturated heterocycles. The highest BCUT2D eigenvalue weighted by Gasteiger charge is 2.20. The van der Waals surface area contributed by atoms with Crippen molar-refractivity contribution >= 4 is 5.91 Å². The molecule has 0 aromatic rings. The van der Waals surface area contributed by atoms with Crippen LogP contribution in [0.3, 0.4) is 0 Å². The average Bonchev–Trinajstić information content (AvgIpc) is 2.11. The molecule has 0 aromatic carbocycles. The fraction of sp³-hybridized carbons (Fsp3) is 0.900. The Balaban J connectivity index is 3.76. The van der Waals surface area contributed by atoms with E-state index in [0.29, 0.717) is 13.0 Å². The summed E-state index contributed by atoms with van der Waals surface area (Å²) in [6, 6.07) is 0. The maximum atomic E-state index is 11.3. The lowest BCUT2D eigenvalue weighted by molar-refractivity contribution is -0.121. The molecule has 0 aliphatic rings. The van der Waals surface area contributed by atoms with Gasteiger partial charge in [0, 0.05) is 25.0 Å². The second-order valence-corrected chi connectivity index (χ2v) is 4.34. The number of nitrogens with zero attached hydrogens (tertiary/aromatic N) is 1. The van der Waals surface area contributed by atoms with E-state index >= 15 is 0 Å². The molecule has 14 heavy (non-hydrogen) atoms. The Morgan fingerprint density at radius 2 is 1.93 bits per heavy atom. The van der Waals surface area contributed by atoms with Crippen LogP contribution in [0.15, 0.2) is 0 Å². The Morgan fingerprint density at radius 3 is 2.36 bits per heavy atom. The minimum Gasteiger partial charge on any atom is -0.354 e. The molecular formula is C10H23N3O. The van der Waals surface area contributed by atoms with Gasteiger partial charge in [-0.25, -0.2) is 0 Å². The summed E-state index contributed by atoms with van der Waals surface area (Å²) in [5.74, 6) is 0.106. The van der Waals surface area contributed by atoms with Crippen LogP contribution in [-0.4, -0.2) is 50.6 Å². The summed E-state index contributed by atoms with van der Waals surface area (Å²) in [7, 11) is 5.87. The molecule has 0 aliphatic carbocycles. The number of likely N-dealkylation sites (N-methyl/N-ethyl adjacent to an activating group) is 1. The molecule has 0 heterocycles. The summed E-state index contributed by atoms with van der Waals surface area (Å²) in [6.45, 7) is 5.62. The predicted octanol–water partition coefficient (Wildman–Crippen LogP) is 0.0523. The fourth-order valence-corrected chi connectivity index (χ4v) is 0.800. The monoisotopic (exact) mass is 201 g/mol. The highest BCUT2D eigenvalue weighted by molar-refractivity contribution is 5.76. The summed E-state index contributed by atoms with van der Waals surface area (Å²) in [5.41, 5.74) is 0.00923. The van der Waals surface area contributed by atoms with Crippen LogP contribution in [0.4, 0.5) is 0 Å². The number of amides is 1. The van der Waals surface area contributed by atoms with E-state index in [1.807, 2.05) is 21.1 Å². The molecule has 0 unspecified atom stereocenters. The molecule has 0 fully saturated rings. The van der Waals surface area contributed by atoms with Gasteiger partial charge in [0.05, 0.1) is 0 Å². The Kier molecular flexibility index (Phi) is 5.72. The van der Waals surface area contributed by atoms with Gasteiger partial charge in [0.25, 0.3) is 0 Å². The van der Waals surface area contributed by atoms with Gasteiger partial charge in [-0.15, -0.1) is 0 Å². The first-order valence-corrected chi connectivity index (χ1v) is 4.99. The largest absolute Gasteiger partial charge is 0.354 e. The van der Waals surface area contributed by atoms with E-state index in [0.717, 1.165) is 6.54 Å². The van der Waals surface area contributed by atoms with Crippen molar-refractivity contribution in [2.45, 2.75) is 25.8 Å². The quantitative estimate of drug-likeness (QED) is 0.638. The van der Waals surface area contributed by atoms with Gasteiger partial charge in [-0.1, -0.05) is 0 Å². The van der Waals surface area contributed by atoms with E-state index in [2.05, 4.69) is 29.4 Å². The second-order valence-electron chi connectivity index (χ2n) is 4.34. The van der Waals surface area contributed by atoms with Gasteiger partial charge in [0.15, 0.2) is 0 Å². The standard InChI is InChI=1S/C10H23N3O/c1-10(2,13(4)5)8-12-9(14)6-7-11-3/h11H,6-8H2,1-5H3,(H,12,14). The summed E-state index contributed by atoms with van der Waals surface area (Å²) in [5, 5.41) is 5.87. The van der Waals surface area contributed by atoms with Crippen LogP contribution in [0, 0.1) is 0 Å². The zero-order chi connectivity index (χ0) is 11.2. The smallest absolute Gasteiger partial charge is 0.221 e. The molecule has 0 aromatic heterocycles. The first-order valence-electron chi connectivity index (χ1n) is 4.99. The maximum absolute atomic E-state index is 11.3. The van der Waals surface area contributed by atoms with Gasteiger partial charge in [-0.05, 0) is 35.0 Å². The van der Waals surface area contributed by atoms with E-state index in [1.165, 1.54) is 0 Å². The van der Waals surface area contributed by atoms with E-state index in [9.17, 15) is 4.79 Å². The number of hydrogen-bond donors (Lipinski definition) is 2. The Bertz CT molecular complexity index is 178. The van der Waals surface area contributed by atoms with Crippen LogP contribution in [0.1, 0.15) is 20.3 Å². The molecule has 0 aliphatic heterocycles. The van der Waals surface area contributed by atoms with Gasteiger partial charge >= 0.3 is 0 Å². The highest BCUT2D eigenvalue weighted by Crippen LogP contribution is 2.07. The molecule has 0 saturated carbocycles. The third-order valence-electron chi connectivity index (χ3n) is 2.53. The summed E-state index contributed by atoms with van der Waals surface area (Å²) in [4.78, 5) is 13.4. The van der Waals surface area contributed by atoms with E-state index in [-0.39, 0.29) is 11.4 Å². The molecule has 0 spiro atoms. The molecule has 0 bridgehead atoms. The van der Waals surface area contributed by atoms with Crippen molar-refractivity contribution in [2.24, 2.45) is 0 Å². The van der Waals surface area contributed by atoms with Crippen LogP contribution in [0.5, 0.6) is 0 Å². The number of carbonyl (C=O) groups excluding carboxylic acids is 1. The number of hydrogen-bond acceptors (Lipinski definition) is 3. The number of carbonyl (C=O) groups is 1. The first-order chi connectivity index (χ1) is 6.40. The van der Waals surface area contributed by atoms with Crippen molar-refractivity contribution in [3.05, 3.63) is 0 Å². The van der Waals surface area contributed by atoms with Gasteiger partial charge in [-0.3, -0.25) is 4.79 Å². The molecule has 0 radical (unpaired) electrons. The van der Waals surface area contributed by atoms with Crippen LogP contribution in [0.2, 0.25) is 0 Å². The first kappa shape index (κ1) is 13.4. The Hall–Kier alpha value is -0.610. The molecule has 0 rings (SSSR count). The normalized spacial score (nSPS) is 11.9. The van der Waals surface area contributed by atoms with E-state index in [4.69, 9.17) is 0 Å². The van der Waals surface area contributed by atoms with Gasteiger partial charge in [0.1, 0.15) is 0 Å². The second kappa shape index (κ2) is 5.98. The molecule has 2 N–H and O–H groups in total. The van der Waals surface area contributed by atoms with Crippen molar-refractivity contribution < 1.29 is 4.79 Å². The van der Waals surface area contributed by atoms with Crippen molar-refractivity contribution in [2.75, 3.05) is 34.2 Å². The van der Waals surface area contributed by atoms with Crippen molar-refractivity contribution in [1.82, 2.24) is 15.5 Å². The van der Waals surface area contributed by atoms with Crippen molar-refractivity contribution in [3.8, 4) is 0 Å². The minimum atomic E-state index is 0.00923. The van der Waals surface area contributed by atoms with Crippen LogP contribution >= 0.6 is 0 Å². The lowest BCUT2D eigenvalue weighted by Crippen LogP contribution is -2.48. The van der Waals surface area contributed by atoms with Crippen molar-refractivity contribution in [3.63, 3.8) is 0 Å². The fourth-order valence-electron chi connectivity index (χ4n) is 0.800. The predicted molar refractivity (Wildman–Crippen MR) is 59.3 cm³/mol. The zero-order valence-electron chi connectivity index (χ0n) is 9.98. The molecule has 84 valence electrons. The van der Waals surface area contributed by atoms with Gasteiger partial charge in [-0.2, -0.15) is 0 Å². The minimum absolute atomic E-state index is 0.00923. The molecule has 0 atom stereocenters. The molecule has 1 amide bonds. The number of rotatable bonds is 6. The van der Waals surface area contributed by atoms with Crippen molar-refractivity contribution in [1.29, 1.82) is 0 Å². The van der Waals surface area contributed by atoms with E-state index in [1.54, 1.807) is 0 Å². The van der Waals surface area contributed by atoms with Gasteiger partial charge in [0.2, 0.25) is 5.91 Å². The summed E-state index contributed by atoms with van der Waals surface area (Å²) in [6.07, 6.45) is 0.542. The summed E-state index contributed by atoms with van der Waals surface area (Å²) < 4.78 is 0. The number of nitrogens with one attached hydrogen (secondary N) is 2. The average molecular weight is 201 g/mol. The lowest BCUT2D eigenvalue weighted by Gasteiger charge is -2.32. The Labute approximate surface area is 87.0 Å². The zero-order valence-corrected chi connectivity index (χ0v) is 9.98. The highest BCUT2D eigenvalue weighted by atomic mass is 16.1. The van der Waals surface area contributed by atoms with E-state index < -0.39 is 0 Å². The van der Waals surface area contributed by atoms with Crippen LogP contribution < -0.4 is 10.6 Å². The SMILES string of the molecule is CNCCC(=O)NCC(C)(C)N(C)C. The molecule has 4 nitrogen and oxygen atoms in total. The lowest BCUT2D eigenvalue weighted by atomic mass is 10.0. The van der Waals surface area contributed by atoms with Crippen LogP contribution in [0.25, 0.3) is 0 Å². The molecule has 4 heteroatoms. The summed E-state index contributed by atoms with van der Waals surface area (Å²) >= 11 is 0.